The molecule has 0 radical (unpaired) electrons. The molecule has 32 heavy (non-hydrogen) atoms. The van der Waals surface area contributed by atoms with Gasteiger partial charge < -0.3 is 4.90 Å². The van der Waals surface area contributed by atoms with Gasteiger partial charge in [0.2, 0.25) is 5.91 Å². The molecule has 0 aliphatic carbocycles. The first-order chi connectivity index (χ1) is 15.4. The molecule has 7 heteroatoms. The molecule has 2 aliphatic heterocycles. The van der Waals surface area contributed by atoms with Gasteiger partial charge in [0.1, 0.15) is 5.82 Å². The van der Waals surface area contributed by atoms with Gasteiger partial charge in [-0.3, -0.25) is 19.0 Å². The van der Waals surface area contributed by atoms with E-state index in [4.69, 9.17) is 0 Å². The smallest absolute Gasteiger partial charge is 0.332 e. The van der Waals surface area contributed by atoms with Crippen LogP contribution in [0.1, 0.15) is 34.0 Å². The van der Waals surface area contributed by atoms with Gasteiger partial charge in [-0.25, -0.2) is 4.68 Å². The van der Waals surface area contributed by atoms with Crippen molar-refractivity contribution in [3.63, 3.8) is 0 Å². The summed E-state index contributed by atoms with van der Waals surface area (Å²) in [5, 5.41) is 4.60. The van der Waals surface area contributed by atoms with E-state index in [1.807, 2.05) is 67.3 Å². The number of aromatic nitrogens is 3. The third-order valence-electron chi connectivity index (χ3n) is 6.76. The van der Waals surface area contributed by atoms with Crippen LogP contribution in [0.25, 0.3) is 0 Å². The summed E-state index contributed by atoms with van der Waals surface area (Å²) >= 11 is 0. The minimum atomic E-state index is -0.596. The van der Waals surface area contributed by atoms with Gasteiger partial charge in [0, 0.05) is 31.5 Å². The van der Waals surface area contributed by atoms with Crippen molar-refractivity contribution in [2.24, 2.45) is 5.92 Å². The van der Waals surface area contributed by atoms with Crippen LogP contribution in [0.2, 0.25) is 0 Å². The zero-order valence-corrected chi connectivity index (χ0v) is 18.3. The second kappa shape index (κ2) is 7.89. The summed E-state index contributed by atoms with van der Waals surface area (Å²) in [7, 11) is 0. The molecule has 0 saturated carbocycles. The Bertz CT molecular complexity index is 1310. The van der Waals surface area contributed by atoms with Crippen molar-refractivity contribution in [2.75, 3.05) is 13.1 Å². The molecule has 2 atom stereocenters. The van der Waals surface area contributed by atoms with Gasteiger partial charge in [-0.1, -0.05) is 54.1 Å². The quantitative estimate of drug-likeness (QED) is 0.592. The molecule has 1 fully saturated rings. The normalized spacial score (nSPS) is 19.1. The van der Waals surface area contributed by atoms with Crippen LogP contribution in [-0.4, -0.2) is 38.2 Å². The molecule has 0 spiro atoms. The second-order valence-electron chi connectivity index (χ2n) is 8.99. The predicted octanol–water partition coefficient (Wildman–Crippen LogP) is 1.87. The Labute approximate surface area is 185 Å². The summed E-state index contributed by atoms with van der Waals surface area (Å²) < 4.78 is 2.80. The highest BCUT2D eigenvalue weighted by Crippen LogP contribution is 2.37. The number of rotatable bonds is 4. The Morgan fingerprint density at radius 3 is 2.47 bits per heavy atom. The fraction of sp³-hybridized carbons (Fsp3) is 0.360. The molecule has 2 aromatic carbocycles. The molecule has 0 N–H and O–H groups in total. The van der Waals surface area contributed by atoms with Gasteiger partial charge in [-0.2, -0.15) is 5.10 Å². The molecular weight excluding hydrogens is 404 g/mol. The van der Waals surface area contributed by atoms with Crippen molar-refractivity contribution >= 4 is 5.91 Å². The predicted molar refractivity (Wildman–Crippen MR) is 121 cm³/mol. The number of benzene rings is 2. The standard InChI is InChI=1S/C25H26N4O3/c1-16-7-9-18(10-8-16)12-29-25(32)24(31)28-14-20-13-27(15-21(20)23(28)26-29)22(30)11-19-6-4-3-5-17(19)2/h3-10,20-21H,11-15H2,1-2H3/t20-,21-/m1/s1. The topological polar surface area (TPSA) is 77.2 Å². The van der Waals surface area contributed by atoms with Crippen LogP contribution in [0, 0.1) is 19.8 Å². The monoisotopic (exact) mass is 430 g/mol. The number of hydrogen-bond donors (Lipinski definition) is 0. The highest BCUT2D eigenvalue weighted by Gasteiger charge is 2.44. The maximum atomic E-state index is 12.9. The molecule has 3 aromatic rings. The van der Waals surface area contributed by atoms with Crippen LogP contribution in [0.3, 0.4) is 0 Å². The van der Waals surface area contributed by atoms with E-state index in [9.17, 15) is 14.4 Å². The highest BCUT2D eigenvalue weighted by atomic mass is 16.2. The second-order valence-corrected chi connectivity index (χ2v) is 8.99. The van der Waals surface area contributed by atoms with Crippen molar-refractivity contribution in [3.05, 3.63) is 97.3 Å². The summed E-state index contributed by atoms with van der Waals surface area (Å²) in [5.41, 5.74) is 3.09. The van der Waals surface area contributed by atoms with E-state index in [2.05, 4.69) is 5.10 Å². The Balaban J connectivity index is 1.38. The largest absolute Gasteiger partial charge is 0.341 e. The first-order valence-corrected chi connectivity index (χ1v) is 11.0. The van der Waals surface area contributed by atoms with E-state index in [-0.39, 0.29) is 24.3 Å². The van der Waals surface area contributed by atoms with E-state index < -0.39 is 11.1 Å². The maximum Gasteiger partial charge on any atom is 0.332 e. The highest BCUT2D eigenvalue weighted by molar-refractivity contribution is 5.79. The number of likely N-dealkylation sites (tertiary alicyclic amines) is 1. The van der Waals surface area contributed by atoms with Crippen molar-refractivity contribution in [2.45, 2.75) is 39.3 Å². The van der Waals surface area contributed by atoms with Crippen molar-refractivity contribution in [3.8, 4) is 0 Å². The SMILES string of the molecule is Cc1ccc(Cn2nc3n(c(=O)c2=O)C[C@H]2CN(C(=O)Cc4ccccc4C)C[C@@H]32)cc1. The maximum absolute atomic E-state index is 12.9. The molecule has 0 bridgehead atoms. The zero-order chi connectivity index (χ0) is 22.4. The molecule has 3 heterocycles. The fourth-order valence-electron chi connectivity index (χ4n) is 4.85. The lowest BCUT2D eigenvalue weighted by atomic mass is 10.00. The molecule has 164 valence electrons. The number of fused-ring (bicyclic) bond motifs is 3. The molecule has 1 saturated heterocycles. The van der Waals surface area contributed by atoms with Crippen LogP contribution < -0.4 is 11.1 Å². The van der Waals surface area contributed by atoms with Gasteiger partial charge >= 0.3 is 11.1 Å². The average Bonchev–Trinajstić information content (AvgIpc) is 3.34. The molecule has 2 aliphatic rings. The van der Waals surface area contributed by atoms with Gasteiger partial charge in [0.05, 0.1) is 13.0 Å². The van der Waals surface area contributed by atoms with Crippen LogP contribution in [0.5, 0.6) is 0 Å². The van der Waals surface area contributed by atoms with Gasteiger partial charge in [-0.15, -0.1) is 0 Å². The third-order valence-corrected chi connectivity index (χ3v) is 6.76. The Morgan fingerprint density at radius 1 is 0.969 bits per heavy atom. The number of carbonyl (C=O) groups is 1. The summed E-state index contributed by atoms with van der Waals surface area (Å²) in [5.74, 6) is 0.813. The third kappa shape index (κ3) is 3.57. The van der Waals surface area contributed by atoms with Crippen LogP contribution >= 0.6 is 0 Å². The van der Waals surface area contributed by atoms with Crippen LogP contribution in [-0.2, 0) is 24.3 Å². The number of carbonyl (C=O) groups excluding carboxylic acids is 1. The molecular formula is C25H26N4O3. The molecule has 5 rings (SSSR count). The Morgan fingerprint density at radius 2 is 1.72 bits per heavy atom. The zero-order valence-electron chi connectivity index (χ0n) is 18.3. The number of aryl methyl sites for hydroxylation is 2. The Hall–Kier alpha value is -3.48. The Kier molecular flexibility index (Phi) is 5.04. The summed E-state index contributed by atoms with van der Waals surface area (Å²) in [6.07, 6.45) is 0.374. The van der Waals surface area contributed by atoms with Crippen LogP contribution in [0.15, 0.2) is 58.1 Å². The summed E-state index contributed by atoms with van der Waals surface area (Å²) in [4.78, 5) is 40.2. The van der Waals surface area contributed by atoms with Crippen molar-refractivity contribution in [1.82, 2.24) is 19.2 Å². The van der Waals surface area contributed by atoms with Crippen molar-refractivity contribution < 1.29 is 4.79 Å². The summed E-state index contributed by atoms with van der Waals surface area (Å²) in [6.45, 7) is 5.84. The van der Waals surface area contributed by atoms with E-state index in [0.29, 0.717) is 31.9 Å². The minimum absolute atomic E-state index is 0.0200. The summed E-state index contributed by atoms with van der Waals surface area (Å²) in [6, 6.07) is 15.8. The van der Waals surface area contributed by atoms with Crippen LogP contribution in [0.4, 0.5) is 0 Å². The van der Waals surface area contributed by atoms with Gasteiger partial charge in [-0.05, 0) is 30.5 Å². The molecule has 7 nitrogen and oxygen atoms in total. The first-order valence-electron chi connectivity index (χ1n) is 11.0. The molecule has 1 amide bonds. The number of amides is 1. The van der Waals surface area contributed by atoms with E-state index >= 15 is 0 Å². The minimum Gasteiger partial charge on any atom is -0.341 e. The molecule has 1 aromatic heterocycles. The lowest BCUT2D eigenvalue weighted by Gasteiger charge is -2.19. The number of hydrogen-bond acceptors (Lipinski definition) is 4. The lowest BCUT2D eigenvalue weighted by molar-refractivity contribution is -0.129. The number of nitrogens with zero attached hydrogens (tertiary/aromatic N) is 4. The fourth-order valence-corrected chi connectivity index (χ4v) is 4.85. The first kappa shape index (κ1) is 20.4. The van der Waals surface area contributed by atoms with E-state index in [0.717, 1.165) is 22.3 Å². The van der Waals surface area contributed by atoms with E-state index in [1.165, 1.54) is 9.25 Å². The molecule has 0 unspecified atom stereocenters. The van der Waals surface area contributed by atoms with Gasteiger partial charge in [0.25, 0.3) is 0 Å². The van der Waals surface area contributed by atoms with Crippen molar-refractivity contribution in [1.29, 1.82) is 0 Å². The average molecular weight is 431 g/mol. The lowest BCUT2D eigenvalue weighted by Crippen LogP contribution is -2.44. The van der Waals surface area contributed by atoms with E-state index in [1.54, 1.807) is 0 Å². The van der Waals surface area contributed by atoms with Gasteiger partial charge in [0.15, 0.2) is 0 Å².